The standard InChI is InChI=1S/C24H33NO5S2/c1-4-6-7-20-8-11-22(12-9-20)32(28,29)25(14-5-2)15-16-31-21-10-13-23(19(3)17-21)30-18-24(26)27/h8-13,17H,4-7,14-16,18H2,1-3H3,(H,26,27). The smallest absolute Gasteiger partial charge is 0.341 e. The van der Waals surface area contributed by atoms with Crippen LogP contribution in [0.3, 0.4) is 0 Å². The molecular weight excluding hydrogens is 446 g/mol. The largest absolute Gasteiger partial charge is 0.482 e. The molecule has 0 aliphatic rings. The van der Waals surface area contributed by atoms with Crippen molar-refractivity contribution in [2.24, 2.45) is 0 Å². The lowest BCUT2D eigenvalue weighted by molar-refractivity contribution is -0.139. The highest BCUT2D eigenvalue weighted by atomic mass is 32.2. The molecule has 0 heterocycles. The van der Waals surface area contributed by atoms with Crippen molar-refractivity contribution in [2.45, 2.75) is 56.2 Å². The van der Waals surface area contributed by atoms with E-state index >= 15 is 0 Å². The molecule has 0 bridgehead atoms. The van der Waals surface area contributed by atoms with Crippen LogP contribution >= 0.6 is 11.8 Å². The molecule has 1 N–H and O–H groups in total. The van der Waals surface area contributed by atoms with Gasteiger partial charge in [-0.2, -0.15) is 4.31 Å². The Hall–Kier alpha value is -2.03. The minimum Gasteiger partial charge on any atom is -0.482 e. The van der Waals surface area contributed by atoms with E-state index in [-0.39, 0.29) is 6.61 Å². The topological polar surface area (TPSA) is 83.9 Å². The second-order valence-corrected chi connectivity index (χ2v) is 10.7. The molecule has 0 radical (unpaired) electrons. The molecule has 0 saturated carbocycles. The van der Waals surface area contributed by atoms with Crippen molar-refractivity contribution in [1.82, 2.24) is 4.31 Å². The number of thioether (sulfide) groups is 1. The summed E-state index contributed by atoms with van der Waals surface area (Å²) in [6.45, 7) is 6.48. The van der Waals surface area contributed by atoms with E-state index in [9.17, 15) is 13.2 Å². The zero-order chi connectivity index (χ0) is 23.6. The number of rotatable bonds is 14. The first-order chi connectivity index (χ1) is 15.3. The van der Waals surface area contributed by atoms with Gasteiger partial charge in [0.1, 0.15) is 5.75 Å². The third-order valence-electron chi connectivity index (χ3n) is 4.96. The highest BCUT2D eigenvalue weighted by Crippen LogP contribution is 2.26. The molecule has 2 aromatic rings. The molecule has 0 spiro atoms. The number of hydrogen-bond acceptors (Lipinski definition) is 5. The van der Waals surface area contributed by atoms with E-state index < -0.39 is 16.0 Å². The molecule has 176 valence electrons. The van der Waals surface area contributed by atoms with Crippen molar-refractivity contribution >= 4 is 27.8 Å². The van der Waals surface area contributed by atoms with Crippen LogP contribution in [-0.2, 0) is 21.2 Å². The SMILES string of the molecule is CCCCc1ccc(S(=O)(=O)N(CCC)CCSc2ccc(OCC(=O)O)c(C)c2)cc1. The number of aliphatic carboxylic acids is 1. The molecular formula is C24H33NO5S2. The number of unbranched alkanes of at least 4 members (excludes halogenated alkanes) is 1. The summed E-state index contributed by atoms with van der Waals surface area (Å²) in [4.78, 5) is 12.0. The second kappa shape index (κ2) is 12.9. The number of carboxylic acid groups (broad SMARTS) is 1. The van der Waals surface area contributed by atoms with E-state index in [1.54, 1.807) is 34.3 Å². The molecule has 0 fully saturated rings. The number of carbonyl (C=O) groups is 1. The molecule has 2 rings (SSSR count). The Labute approximate surface area is 196 Å². The molecule has 0 aromatic heterocycles. The highest BCUT2D eigenvalue weighted by molar-refractivity contribution is 7.99. The quantitative estimate of drug-likeness (QED) is 0.384. The van der Waals surface area contributed by atoms with Gasteiger partial charge in [0.25, 0.3) is 0 Å². The monoisotopic (exact) mass is 479 g/mol. The molecule has 32 heavy (non-hydrogen) atoms. The Bertz CT molecular complexity index is 974. The summed E-state index contributed by atoms with van der Waals surface area (Å²) in [6, 6.07) is 12.8. The van der Waals surface area contributed by atoms with E-state index in [4.69, 9.17) is 9.84 Å². The molecule has 2 aromatic carbocycles. The molecule has 0 amide bonds. The number of carboxylic acids is 1. The predicted molar refractivity (Wildman–Crippen MR) is 129 cm³/mol. The Morgan fingerprint density at radius 2 is 1.78 bits per heavy atom. The van der Waals surface area contributed by atoms with Crippen LogP contribution in [0, 0.1) is 6.92 Å². The van der Waals surface area contributed by atoms with E-state index in [2.05, 4.69) is 6.92 Å². The Balaban J connectivity index is 2.00. The average Bonchev–Trinajstić information content (AvgIpc) is 2.76. The van der Waals surface area contributed by atoms with Crippen LogP contribution in [0.25, 0.3) is 0 Å². The van der Waals surface area contributed by atoms with Crippen molar-refractivity contribution < 1.29 is 23.1 Å². The van der Waals surface area contributed by atoms with Crippen LogP contribution in [0.1, 0.15) is 44.2 Å². The van der Waals surface area contributed by atoms with Gasteiger partial charge in [0.2, 0.25) is 10.0 Å². The fourth-order valence-electron chi connectivity index (χ4n) is 3.24. The van der Waals surface area contributed by atoms with Gasteiger partial charge in [0.15, 0.2) is 6.61 Å². The lowest BCUT2D eigenvalue weighted by Gasteiger charge is -2.22. The number of sulfonamides is 1. The van der Waals surface area contributed by atoms with Crippen molar-refractivity contribution in [3.63, 3.8) is 0 Å². The number of hydrogen-bond donors (Lipinski definition) is 1. The van der Waals surface area contributed by atoms with Crippen LogP contribution in [0.2, 0.25) is 0 Å². The lowest BCUT2D eigenvalue weighted by atomic mass is 10.1. The summed E-state index contributed by atoms with van der Waals surface area (Å²) in [5, 5.41) is 8.75. The zero-order valence-corrected chi connectivity index (χ0v) is 20.7. The molecule has 0 atom stereocenters. The molecule has 0 aliphatic carbocycles. The first-order valence-corrected chi connectivity index (χ1v) is 13.4. The molecule has 0 saturated heterocycles. The van der Waals surface area contributed by atoms with Gasteiger partial charge in [0.05, 0.1) is 4.90 Å². The molecule has 0 unspecified atom stereocenters. The van der Waals surface area contributed by atoms with Crippen LogP contribution in [0.4, 0.5) is 0 Å². The fraction of sp³-hybridized carbons (Fsp3) is 0.458. The summed E-state index contributed by atoms with van der Waals surface area (Å²) < 4.78 is 33.1. The van der Waals surface area contributed by atoms with Gasteiger partial charge in [0, 0.05) is 23.7 Å². The first-order valence-electron chi connectivity index (χ1n) is 10.9. The summed E-state index contributed by atoms with van der Waals surface area (Å²) in [6.07, 6.45) is 3.91. The summed E-state index contributed by atoms with van der Waals surface area (Å²) in [7, 11) is -3.54. The van der Waals surface area contributed by atoms with Gasteiger partial charge in [-0.05, 0) is 67.6 Å². The summed E-state index contributed by atoms with van der Waals surface area (Å²) >= 11 is 1.57. The number of aryl methyl sites for hydroxylation is 2. The lowest BCUT2D eigenvalue weighted by Crippen LogP contribution is -2.33. The minimum absolute atomic E-state index is 0.340. The van der Waals surface area contributed by atoms with Gasteiger partial charge in [-0.15, -0.1) is 11.8 Å². The average molecular weight is 480 g/mol. The van der Waals surface area contributed by atoms with Gasteiger partial charge >= 0.3 is 5.97 Å². The minimum atomic E-state index is -3.54. The van der Waals surface area contributed by atoms with Gasteiger partial charge in [-0.1, -0.05) is 32.4 Å². The summed E-state index contributed by atoms with van der Waals surface area (Å²) in [5.41, 5.74) is 2.01. The Kier molecular flexibility index (Phi) is 10.5. The molecule has 0 aliphatic heterocycles. The van der Waals surface area contributed by atoms with Gasteiger partial charge < -0.3 is 9.84 Å². The number of benzene rings is 2. The third-order valence-corrected chi connectivity index (χ3v) is 7.85. The van der Waals surface area contributed by atoms with Crippen LogP contribution < -0.4 is 4.74 Å². The molecule has 8 heteroatoms. The maximum absolute atomic E-state index is 13.2. The Morgan fingerprint density at radius 1 is 1.06 bits per heavy atom. The van der Waals surface area contributed by atoms with Crippen molar-refractivity contribution in [3.05, 3.63) is 53.6 Å². The predicted octanol–water partition coefficient (Wildman–Crippen LogP) is 4.99. The highest BCUT2D eigenvalue weighted by Gasteiger charge is 2.23. The zero-order valence-electron chi connectivity index (χ0n) is 19.0. The maximum atomic E-state index is 13.2. The van der Waals surface area contributed by atoms with Crippen LogP contribution in [-0.4, -0.2) is 49.2 Å². The van der Waals surface area contributed by atoms with Crippen molar-refractivity contribution in [3.8, 4) is 5.75 Å². The molecule has 6 nitrogen and oxygen atoms in total. The fourth-order valence-corrected chi connectivity index (χ4v) is 5.86. The van der Waals surface area contributed by atoms with E-state index in [0.29, 0.717) is 29.5 Å². The first kappa shape index (κ1) is 26.2. The van der Waals surface area contributed by atoms with Crippen molar-refractivity contribution in [2.75, 3.05) is 25.4 Å². The van der Waals surface area contributed by atoms with Crippen LogP contribution in [0.15, 0.2) is 52.3 Å². The maximum Gasteiger partial charge on any atom is 0.341 e. The number of nitrogens with zero attached hydrogens (tertiary/aromatic N) is 1. The number of ether oxygens (including phenoxy) is 1. The summed E-state index contributed by atoms with van der Waals surface area (Å²) in [5.74, 6) is 0.132. The third kappa shape index (κ3) is 7.83. The van der Waals surface area contributed by atoms with Gasteiger partial charge in [-0.25, -0.2) is 13.2 Å². The second-order valence-electron chi connectivity index (χ2n) is 7.61. The van der Waals surface area contributed by atoms with E-state index in [0.717, 1.165) is 41.7 Å². The van der Waals surface area contributed by atoms with E-state index in [1.165, 1.54) is 0 Å². The van der Waals surface area contributed by atoms with Crippen LogP contribution in [0.5, 0.6) is 5.75 Å². The Morgan fingerprint density at radius 3 is 2.38 bits per heavy atom. The van der Waals surface area contributed by atoms with Gasteiger partial charge in [-0.3, -0.25) is 0 Å². The van der Waals surface area contributed by atoms with Crippen molar-refractivity contribution in [1.29, 1.82) is 0 Å². The van der Waals surface area contributed by atoms with E-state index in [1.807, 2.05) is 38.1 Å². The normalized spacial score (nSPS) is 11.6.